The highest BCUT2D eigenvalue weighted by molar-refractivity contribution is 5.89. The van der Waals surface area contributed by atoms with Gasteiger partial charge < -0.3 is 34.6 Å². The summed E-state index contributed by atoms with van der Waals surface area (Å²) in [6.07, 6.45) is -7.34. The minimum absolute atomic E-state index is 0.180. The molecule has 0 saturated carbocycles. The van der Waals surface area contributed by atoms with Gasteiger partial charge in [-0.15, -0.1) is 0 Å². The third kappa shape index (κ3) is 3.37. The zero-order valence-electron chi connectivity index (χ0n) is 11.8. The highest BCUT2D eigenvalue weighted by atomic mass is 16.7. The standard InChI is InChI=1S/C14H18O8/c1-20-8-4-2-7(3-5-8)13(18)22-12-11(17)10(16)9(6-15)21-14(12)19/h2-5,9-12,14-17,19H,6H2,1H3/t9-,10-,11+,12-,14-/m1/s1. The van der Waals surface area contributed by atoms with Crippen molar-refractivity contribution in [3.05, 3.63) is 29.8 Å². The molecule has 4 N–H and O–H groups in total. The third-order valence-electron chi connectivity index (χ3n) is 3.41. The molecule has 0 spiro atoms. The van der Waals surface area contributed by atoms with Crippen LogP contribution in [0.25, 0.3) is 0 Å². The van der Waals surface area contributed by atoms with Gasteiger partial charge in [0.1, 0.15) is 24.1 Å². The van der Waals surface area contributed by atoms with E-state index < -0.39 is 43.3 Å². The minimum Gasteiger partial charge on any atom is -0.497 e. The summed E-state index contributed by atoms with van der Waals surface area (Å²) in [7, 11) is 1.48. The molecule has 0 radical (unpaired) electrons. The molecule has 1 fully saturated rings. The lowest BCUT2D eigenvalue weighted by Gasteiger charge is -2.39. The van der Waals surface area contributed by atoms with Crippen molar-refractivity contribution in [3.63, 3.8) is 0 Å². The molecule has 2 rings (SSSR count). The van der Waals surface area contributed by atoms with Crippen molar-refractivity contribution in [3.8, 4) is 5.75 Å². The number of hydrogen-bond donors (Lipinski definition) is 4. The van der Waals surface area contributed by atoms with E-state index in [1.807, 2.05) is 0 Å². The molecule has 0 bridgehead atoms. The lowest BCUT2D eigenvalue weighted by atomic mass is 9.99. The summed E-state index contributed by atoms with van der Waals surface area (Å²) in [5.74, 6) is -0.247. The van der Waals surface area contributed by atoms with Gasteiger partial charge in [0, 0.05) is 0 Å². The van der Waals surface area contributed by atoms with Crippen molar-refractivity contribution in [1.29, 1.82) is 0 Å². The van der Waals surface area contributed by atoms with Crippen molar-refractivity contribution >= 4 is 5.97 Å². The van der Waals surface area contributed by atoms with E-state index >= 15 is 0 Å². The van der Waals surface area contributed by atoms with Crippen LogP contribution >= 0.6 is 0 Å². The zero-order chi connectivity index (χ0) is 16.3. The fourth-order valence-electron chi connectivity index (χ4n) is 2.12. The molecule has 1 heterocycles. The number of rotatable bonds is 4. The topological polar surface area (TPSA) is 126 Å². The number of hydrogen-bond acceptors (Lipinski definition) is 8. The SMILES string of the molecule is COc1ccc(C(=O)O[C@@H]2[C@@H](O)[C@H](O)[C@@H](CO)O[C@H]2O)cc1. The van der Waals surface area contributed by atoms with Crippen LogP contribution in [0.1, 0.15) is 10.4 Å². The van der Waals surface area contributed by atoms with E-state index in [1.54, 1.807) is 12.1 Å². The van der Waals surface area contributed by atoms with Gasteiger partial charge >= 0.3 is 5.97 Å². The average Bonchev–Trinajstić information content (AvgIpc) is 2.54. The minimum atomic E-state index is -1.65. The van der Waals surface area contributed by atoms with Crippen molar-refractivity contribution in [2.24, 2.45) is 0 Å². The van der Waals surface area contributed by atoms with Gasteiger partial charge in [-0.05, 0) is 24.3 Å². The highest BCUT2D eigenvalue weighted by Crippen LogP contribution is 2.23. The Kier molecular flexibility index (Phi) is 5.33. The first-order valence-electron chi connectivity index (χ1n) is 6.63. The van der Waals surface area contributed by atoms with Gasteiger partial charge in [-0.25, -0.2) is 4.79 Å². The van der Waals surface area contributed by atoms with Gasteiger partial charge in [-0.2, -0.15) is 0 Å². The molecule has 1 aromatic carbocycles. The van der Waals surface area contributed by atoms with E-state index in [0.717, 1.165) is 0 Å². The molecule has 8 nitrogen and oxygen atoms in total. The molecule has 122 valence electrons. The largest absolute Gasteiger partial charge is 0.497 e. The summed E-state index contributed by atoms with van der Waals surface area (Å²) in [5.41, 5.74) is 0.180. The second kappa shape index (κ2) is 7.03. The molecular weight excluding hydrogens is 296 g/mol. The van der Waals surface area contributed by atoms with Crippen molar-refractivity contribution < 1.29 is 39.4 Å². The van der Waals surface area contributed by atoms with E-state index in [4.69, 9.17) is 19.3 Å². The van der Waals surface area contributed by atoms with Crippen LogP contribution in [-0.4, -0.2) is 70.8 Å². The van der Waals surface area contributed by atoms with Crippen LogP contribution in [0.3, 0.4) is 0 Å². The normalized spacial score (nSPS) is 31.6. The Morgan fingerprint density at radius 1 is 1.18 bits per heavy atom. The number of carbonyl (C=O) groups excluding carboxylic acids is 1. The molecule has 22 heavy (non-hydrogen) atoms. The Morgan fingerprint density at radius 2 is 1.82 bits per heavy atom. The van der Waals surface area contributed by atoms with Crippen LogP contribution in [-0.2, 0) is 9.47 Å². The fraction of sp³-hybridized carbons (Fsp3) is 0.500. The van der Waals surface area contributed by atoms with Gasteiger partial charge in [0.05, 0.1) is 19.3 Å². The quantitative estimate of drug-likeness (QED) is 0.503. The van der Waals surface area contributed by atoms with E-state index in [9.17, 15) is 20.1 Å². The molecule has 1 aromatic rings. The smallest absolute Gasteiger partial charge is 0.338 e. The van der Waals surface area contributed by atoms with Gasteiger partial charge in [-0.1, -0.05) is 0 Å². The molecule has 1 aliphatic rings. The van der Waals surface area contributed by atoms with Crippen LogP contribution in [0, 0.1) is 0 Å². The van der Waals surface area contributed by atoms with Crippen molar-refractivity contribution in [2.45, 2.75) is 30.7 Å². The molecule has 1 aliphatic heterocycles. The maximum atomic E-state index is 12.0. The highest BCUT2D eigenvalue weighted by Gasteiger charge is 2.45. The molecule has 1 saturated heterocycles. The van der Waals surface area contributed by atoms with Crippen LogP contribution in [0.15, 0.2) is 24.3 Å². The summed E-state index contributed by atoms with van der Waals surface area (Å²) >= 11 is 0. The first kappa shape index (κ1) is 16.7. The predicted octanol–water partition coefficient (Wildman–Crippen LogP) is -1.35. The number of esters is 1. The summed E-state index contributed by atoms with van der Waals surface area (Å²) in [6, 6.07) is 6.02. The van der Waals surface area contributed by atoms with Crippen LogP contribution < -0.4 is 4.74 Å². The molecule has 0 unspecified atom stereocenters. The summed E-state index contributed by atoms with van der Waals surface area (Å²) < 4.78 is 14.9. The number of methoxy groups -OCH3 is 1. The molecular formula is C14H18O8. The summed E-state index contributed by atoms with van der Waals surface area (Å²) in [5, 5.41) is 38.3. The molecule has 0 aromatic heterocycles. The Labute approximate surface area is 126 Å². The average molecular weight is 314 g/mol. The number of aliphatic hydroxyl groups excluding tert-OH is 4. The number of carbonyl (C=O) groups is 1. The van der Waals surface area contributed by atoms with Gasteiger partial charge in [0.15, 0.2) is 12.4 Å². The van der Waals surface area contributed by atoms with E-state index in [0.29, 0.717) is 5.75 Å². The fourth-order valence-corrected chi connectivity index (χ4v) is 2.12. The lowest BCUT2D eigenvalue weighted by molar-refractivity contribution is -0.285. The predicted molar refractivity (Wildman–Crippen MR) is 72.2 cm³/mol. The molecule has 0 amide bonds. The lowest BCUT2D eigenvalue weighted by Crippen LogP contribution is -2.59. The number of aliphatic hydroxyl groups is 4. The van der Waals surface area contributed by atoms with Gasteiger partial charge in [-0.3, -0.25) is 0 Å². The summed E-state index contributed by atoms with van der Waals surface area (Å²) in [6.45, 7) is -0.589. The Morgan fingerprint density at radius 3 is 2.36 bits per heavy atom. The maximum Gasteiger partial charge on any atom is 0.338 e. The Hall–Kier alpha value is -1.71. The van der Waals surface area contributed by atoms with Gasteiger partial charge in [0.2, 0.25) is 0 Å². The first-order valence-corrected chi connectivity index (χ1v) is 6.63. The number of ether oxygens (including phenoxy) is 3. The van der Waals surface area contributed by atoms with Crippen LogP contribution in [0.5, 0.6) is 5.75 Å². The maximum absolute atomic E-state index is 12.0. The van der Waals surface area contributed by atoms with E-state index in [2.05, 4.69) is 0 Å². The Bertz CT molecular complexity index is 502. The Balaban J connectivity index is 2.06. The molecule has 0 aliphatic carbocycles. The molecule has 5 atom stereocenters. The van der Waals surface area contributed by atoms with Gasteiger partial charge in [0.25, 0.3) is 0 Å². The summed E-state index contributed by atoms with van der Waals surface area (Å²) in [4.78, 5) is 12.0. The van der Waals surface area contributed by atoms with Crippen molar-refractivity contribution in [2.75, 3.05) is 13.7 Å². The zero-order valence-corrected chi connectivity index (χ0v) is 11.8. The second-order valence-corrected chi connectivity index (χ2v) is 4.83. The third-order valence-corrected chi connectivity index (χ3v) is 3.41. The van der Waals surface area contributed by atoms with Crippen molar-refractivity contribution in [1.82, 2.24) is 0 Å². The second-order valence-electron chi connectivity index (χ2n) is 4.83. The van der Waals surface area contributed by atoms with E-state index in [-0.39, 0.29) is 5.56 Å². The monoisotopic (exact) mass is 314 g/mol. The van der Waals surface area contributed by atoms with Crippen LogP contribution in [0.2, 0.25) is 0 Å². The first-order chi connectivity index (χ1) is 10.5. The number of benzene rings is 1. The molecule has 8 heteroatoms. The van der Waals surface area contributed by atoms with Crippen LogP contribution in [0.4, 0.5) is 0 Å². The van der Waals surface area contributed by atoms with E-state index in [1.165, 1.54) is 19.2 Å².